The molecule has 2 aromatic heterocycles. The third-order valence-electron chi connectivity index (χ3n) is 3.66. The molecule has 3 nitrogen and oxygen atoms in total. The van der Waals surface area contributed by atoms with Crippen molar-refractivity contribution in [3.05, 3.63) is 78.1 Å². The van der Waals surface area contributed by atoms with Gasteiger partial charge in [-0.05, 0) is 24.3 Å². The Balaban J connectivity index is 1.88. The third kappa shape index (κ3) is 1.91. The van der Waals surface area contributed by atoms with Gasteiger partial charge < -0.3 is 4.98 Å². The standard InChI is InChI=1S/C18H12N2O/c21-18(14-6-3-5-13-10-11-19-17(13)14)16-9-8-12-4-1-2-7-15(12)20-16/h1-11,19H. The topological polar surface area (TPSA) is 45.8 Å². The van der Waals surface area contributed by atoms with Crippen LogP contribution in [0.5, 0.6) is 0 Å². The average Bonchev–Trinajstić information content (AvgIpc) is 3.02. The number of carbonyl (C=O) groups excluding carboxylic acids is 1. The van der Waals surface area contributed by atoms with E-state index in [-0.39, 0.29) is 5.78 Å². The minimum atomic E-state index is -0.0613. The zero-order chi connectivity index (χ0) is 14.2. The van der Waals surface area contributed by atoms with Crippen LogP contribution in [-0.2, 0) is 0 Å². The van der Waals surface area contributed by atoms with E-state index < -0.39 is 0 Å². The van der Waals surface area contributed by atoms with Crippen LogP contribution in [0.1, 0.15) is 16.1 Å². The lowest BCUT2D eigenvalue weighted by Crippen LogP contribution is -2.04. The van der Waals surface area contributed by atoms with Crippen molar-refractivity contribution in [1.82, 2.24) is 9.97 Å². The number of H-pyrrole nitrogens is 1. The predicted molar refractivity (Wildman–Crippen MR) is 83.5 cm³/mol. The lowest BCUT2D eigenvalue weighted by molar-refractivity contribution is 0.103. The molecule has 0 bridgehead atoms. The van der Waals surface area contributed by atoms with Gasteiger partial charge >= 0.3 is 0 Å². The molecular weight excluding hydrogens is 260 g/mol. The van der Waals surface area contributed by atoms with Crippen molar-refractivity contribution in [3.8, 4) is 0 Å². The van der Waals surface area contributed by atoms with Gasteiger partial charge in [-0.25, -0.2) is 4.98 Å². The van der Waals surface area contributed by atoms with Crippen molar-refractivity contribution in [2.45, 2.75) is 0 Å². The fraction of sp³-hybridized carbons (Fsp3) is 0. The van der Waals surface area contributed by atoms with E-state index in [1.54, 1.807) is 6.07 Å². The van der Waals surface area contributed by atoms with E-state index in [0.717, 1.165) is 21.8 Å². The number of rotatable bonds is 2. The second-order valence-electron chi connectivity index (χ2n) is 4.97. The number of hydrogen-bond acceptors (Lipinski definition) is 2. The summed E-state index contributed by atoms with van der Waals surface area (Å²) in [6, 6.07) is 19.2. The molecule has 0 radical (unpaired) electrons. The molecule has 21 heavy (non-hydrogen) atoms. The number of fused-ring (bicyclic) bond motifs is 2. The van der Waals surface area contributed by atoms with Crippen LogP contribution >= 0.6 is 0 Å². The summed E-state index contributed by atoms with van der Waals surface area (Å²) in [4.78, 5) is 20.3. The van der Waals surface area contributed by atoms with Crippen LogP contribution < -0.4 is 0 Å². The molecule has 2 heterocycles. The third-order valence-corrected chi connectivity index (χ3v) is 3.66. The van der Waals surface area contributed by atoms with Gasteiger partial charge in [0.25, 0.3) is 0 Å². The Morgan fingerprint density at radius 3 is 2.67 bits per heavy atom. The molecule has 0 amide bonds. The Morgan fingerprint density at radius 1 is 0.857 bits per heavy atom. The number of ketones is 1. The average molecular weight is 272 g/mol. The lowest BCUT2D eigenvalue weighted by Gasteiger charge is -2.04. The summed E-state index contributed by atoms with van der Waals surface area (Å²) in [7, 11) is 0. The highest BCUT2D eigenvalue weighted by atomic mass is 16.1. The van der Waals surface area contributed by atoms with E-state index in [0.29, 0.717) is 11.3 Å². The molecule has 0 atom stereocenters. The van der Waals surface area contributed by atoms with Crippen LogP contribution in [0.3, 0.4) is 0 Å². The summed E-state index contributed by atoms with van der Waals surface area (Å²) >= 11 is 0. The fourth-order valence-corrected chi connectivity index (χ4v) is 2.60. The number of para-hydroxylation sites is 2. The largest absolute Gasteiger partial charge is 0.361 e. The monoisotopic (exact) mass is 272 g/mol. The van der Waals surface area contributed by atoms with E-state index in [9.17, 15) is 4.79 Å². The highest BCUT2D eigenvalue weighted by Crippen LogP contribution is 2.20. The first-order valence-electron chi connectivity index (χ1n) is 6.79. The predicted octanol–water partition coefficient (Wildman–Crippen LogP) is 3.95. The highest BCUT2D eigenvalue weighted by molar-refractivity contribution is 6.15. The van der Waals surface area contributed by atoms with Crippen LogP contribution in [0.15, 0.2) is 66.9 Å². The van der Waals surface area contributed by atoms with Gasteiger partial charge in [0.1, 0.15) is 5.69 Å². The lowest BCUT2D eigenvalue weighted by atomic mass is 10.0. The smallest absolute Gasteiger partial charge is 0.213 e. The van der Waals surface area contributed by atoms with Crippen molar-refractivity contribution in [2.75, 3.05) is 0 Å². The first-order valence-corrected chi connectivity index (χ1v) is 6.79. The number of aromatic amines is 1. The Morgan fingerprint density at radius 2 is 1.71 bits per heavy atom. The van der Waals surface area contributed by atoms with E-state index >= 15 is 0 Å². The zero-order valence-electron chi connectivity index (χ0n) is 11.2. The second-order valence-corrected chi connectivity index (χ2v) is 4.97. The molecule has 0 fully saturated rings. The maximum atomic E-state index is 12.7. The van der Waals surface area contributed by atoms with E-state index in [4.69, 9.17) is 0 Å². The van der Waals surface area contributed by atoms with Crippen molar-refractivity contribution in [1.29, 1.82) is 0 Å². The van der Waals surface area contributed by atoms with Gasteiger partial charge in [0.15, 0.2) is 0 Å². The Labute approximate surface area is 121 Å². The molecule has 3 heteroatoms. The van der Waals surface area contributed by atoms with Crippen molar-refractivity contribution >= 4 is 27.6 Å². The quantitative estimate of drug-likeness (QED) is 0.562. The normalized spacial score (nSPS) is 11.0. The summed E-state index contributed by atoms with van der Waals surface area (Å²) in [6.45, 7) is 0. The highest BCUT2D eigenvalue weighted by Gasteiger charge is 2.14. The molecule has 0 unspecified atom stereocenters. The molecule has 0 saturated carbocycles. The second kappa shape index (κ2) is 4.56. The zero-order valence-corrected chi connectivity index (χ0v) is 11.2. The van der Waals surface area contributed by atoms with Crippen molar-refractivity contribution in [3.63, 3.8) is 0 Å². The summed E-state index contributed by atoms with van der Waals surface area (Å²) in [5, 5.41) is 2.06. The summed E-state index contributed by atoms with van der Waals surface area (Å²) in [5.41, 5.74) is 2.82. The van der Waals surface area contributed by atoms with Crippen LogP contribution in [0.4, 0.5) is 0 Å². The number of nitrogens with one attached hydrogen (secondary N) is 1. The number of aromatic nitrogens is 2. The van der Waals surface area contributed by atoms with Gasteiger partial charge in [-0.2, -0.15) is 0 Å². The Bertz CT molecular complexity index is 969. The molecule has 2 aromatic carbocycles. The van der Waals surface area contributed by atoms with Crippen LogP contribution in [0.2, 0.25) is 0 Å². The Kier molecular flexibility index (Phi) is 2.57. The van der Waals surface area contributed by atoms with Gasteiger partial charge in [0.2, 0.25) is 5.78 Å². The molecule has 0 aliphatic carbocycles. The Hall–Kier alpha value is -2.94. The maximum absolute atomic E-state index is 12.7. The molecule has 0 saturated heterocycles. The summed E-state index contributed by atoms with van der Waals surface area (Å²) < 4.78 is 0. The number of benzene rings is 2. The molecule has 100 valence electrons. The van der Waals surface area contributed by atoms with E-state index in [1.165, 1.54) is 0 Å². The number of hydrogen-bond donors (Lipinski definition) is 1. The summed E-state index contributed by atoms with van der Waals surface area (Å²) in [6.07, 6.45) is 1.84. The van der Waals surface area contributed by atoms with Gasteiger partial charge in [-0.3, -0.25) is 4.79 Å². The van der Waals surface area contributed by atoms with Gasteiger partial charge in [-0.1, -0.05) is 36.4 Å². The molecular formula is C18H12N2O. The first-order chi connectivity index (χ1) is 10.3. The maximum Gasteiger partial charge on any atom is 0.213 e. The van der Waals surface area contributed by atoms with Crippen LogP contribution in [-0.4, -0.2) is 15.8 Å². The molecule has 1 N–H and O–H groups in total. The molecule has 4 aromatic rings. The minimum absolute atomic E-state index is 0.0613. The van der Waals surface area contributed by atoms with Crippen LogP contribution in [0.25, 0.3) is 21.8 Å². The number of carbonyl (C=O) groups is 1. The van der Waals surface area contributed by atoms with Gasteiger partial charge in [0.05, 0.1) is 11.0 Å². The summed E-state index contributed by atoms with van der Waals surface area (Å²) in [5.74, 6) is -0.0613. The minimum Gasteiger partial charge on any atom is -0.361 e. The van der Waals surface area contributed by atoms with Gasteiger partial charge in [0, 0.05) is 22.5 Å². The fourth-order valence-electron chi connectivity index (χ4n) is 2.60. The molecule has 0 aliphatic heterocycles. The number of nitrogens with zero attached hydrogens (tertiary/aromatic N) is 1. The molecule has 4 rings (SSSR count). The number of pyridine rings is 1. The van der Waals surface area contributed by atoms with Crippen molar-refractivity contribution < 1.29 is 4.79 Å². The first kappa shape index (κ1) is 11.9. The van der Waals surface area contributed by atoms with Gasteiger partial charge in [-0.15, -0.1) is 0 Å². The SMILES string of the molecule is O=C(c1ccc2ccccc2n1)c1cccc2cc[nH]c12. The van der Waals surface area contributed by atoms with E-state index in [1.807, 2.05) is 60.8 Å². The molecule has 0 spiro atoms. The molecule has 0 aliphatic rings. The van der Waals surface area contributed by atoms with E-state index in [2.05, 4.69) is 9.97 Å². The van der Waals surface area contributed by atoms with Crippen molar-refractivity contribution in [2.24, 2.45) is 0 Å². The van der Waals surface area contributed by atoms with Crippen LogP contribution in [0, 0.1) is 0 Å².